The Morgan fingerprint density at radius 3 is 2.43 bits per heavy atom. The van der Waals surface area contributed by atoms with Gasteiger partial charge in [-0.2, -0.15) is 0 Å². The molecule has 1 aliphatic heterocycles. The Morgan fingerprint density at radius 1 is 1.24 bits per heavy atom. The van der Waals surface area contributed by atoms with Crippen LogP contribution < -0.4 is 0 Å². The second kappa shape index (κ2) is 7.57. The van der Waals surface area contributed by atoms with Crippen LogP contribution in [-0.2, 0) is 9.47 Å². The Hall–Kier alpha value is -0.640. The molecule has 0 amide bonds. The Bertz CT molecular complexity index is 387. The maximum Gasteiger partial charge on any atom is 0.163 e. The van der Waals surface area contributed by atoms with Gasteiger partial charge in [-0.3, -0.25) is 0 Å². The van der Waals surface area contributed by atoms with Crippen molar-refractivity contribution in [1.29, 1.82) is 0 Å². The fourth-order valence-electron chi connectivity index (χ4n) is 2.46. The molecule has 1 saturated heterocycles. The van der Waals surface area contributed by atoms with Crippen LogP contribution in [0.25, 0.3) is 0 Å². The average molecular weight is 296 g/mol. The summed E-state index contributed by atoms with van der Waals surface area (Å²) in [7, 11) is 0. The van der Waals surface area contributed by atoms with Gasteiger partial charge in [0.2, 0.25) is 0 Å². The zero-order valence-electron chi connectivity index (χ0n) is 14.5. The van der Waals surface area contributed by atoms with Gasteiger partial charge in [-0.25, -0.2) is 0 Å². The lowest BCUT2D eigenvalue weighted by atomic mass is 9.93. The highest BCUT2D eigenvalue weighted by atomic mass is 16.7. The van der Waals surface area contributed by atoms with Gasteiger partial charge >= 0.3 is 0 Å². The molecule has 1 aliphatic rings. The molecule has 0 aliphatic carbocycles. The maximum absolute atomic E-state index is 10.6. The highest BCUT2D eigenvalue weighted by molar-refractivity contribution is 5.03. The van der Waals surface area contributed by atoms with E-state index in [0.717, 1.165) is 19.3 Å². The van der Waals surface area contributed by atoms with Crippen LogP contribution in [0.5, 0.6) is 0 Å². The van der Waals surface area contributed by atoms with E-state index >= 15 is 0 Å². The van der Waals surface area contributed by atoms with Gasteiger partial charge in [0.1, 0.15) is 6.10 Å². The first-order chi connectivity index (χ1) is 9.62. The van der Waals surface area contributed by atoms with Crippen molar-refractivity contribution in [2.45, 2.75) is 84.7 Å². The van der Waals surface area contributed by atoms with Crippen LogP contribution in [-0.4, -0.2) is 29.2 Å². The largest absolute Gasteiger partial charge is 0.387 e. The second-order valence-corrected chi connectivity index (χ2v) is 7.08. The molecule has 0 aromatic heterocycles. The van der Waals surface area contributed by atoms with Gasteiger partial charge in [0.05, 0.1) is 12.2 Å². The fourth-order valence-corrected chi connectivity index (χ4v) is 2.46. The van der Waals surface area contributed by atoms with Crippen LogP contribution in [0.1, 0.15) is 67.2 Å². The number of ether oxygens (including phenoxy) is 2. The van der Waals surface area contributed by atoms with Crippen molar-refractivity contribution >= 4 is 0 Å². The zero-order valence-corrected chi connectivity index (χ0v) is 14.5. The first-order valence-electron chi connectivity index (χ1n) is 7.95. The number of allylic oxidation sites excluding steroid dienone is 4. The fraction of sp³-hybridized carbons (Fsp3) is 0.778. The van der Waals surface area contributed by atoms with Gasteiger partial charge in [-0.15, -0.1) is 0 Å². The minimum absolute atomic E-state index is 0.244. The third-order valence-electron chi connectivity index (χ3n) is 3.94. The van der Waals surface area contributed by atoms with Crippen LogP contribution in [0.2, 0.25) is 0 Å². The molecule has 0 unspecified atom stereocenters. The number of rotatable bonds is 7. The van der Waals surface area contributed by atoms with Crippen molar-refractivity contribution in [1.82, 2.24) is 0 Å². The molecule has 0 aromatic rings. The highest BCUT2D eigenvalue weighted by Crippen LogP contribution is 2.31. The molecular weight excluding hydrogens is 264 g/mol. The van der Waals surface area contributed by atoms with Gasteiger partial charge < -0.3 is 14.6 Å². The van der Waals surface area contributed by atoms with E-state index in [9.17, 15) is 5.11 Å². The van der Waals surface area contributed by atoms with Crippen LogP contribution >= 0.6 is 0 Å². The number of aliphatic hydroxyl groups is 1. The third kappa shape index (κ3) is 6.77. The van der Waals surface area contributed by atoms with E-state index in [1.165, 1.54) is 11.1 Å². The summed E-state index contributed by atoms with van der Waals surface area (Å²) >= 11 is 0. The molecule has 0 aromatic carbocycles. The summed E-state index contributed by atoms with van der Waals surface area (Å²) in [6.45, 7) is 12.5. The summed E-state index contributed by atoms with van der Waals surface area (Å²) in [4.78, 5) is 0. The van der Waals surface area contributed by atoms with Gasteiger partial charge in [0, 0.05) is 0 Å². The standard InChI is InChI=1S/C18H32O3/c1-14(2)9-7-10-15(3)11-8-12-18(6,19)16-13-20-17(4,5)21-16/h9,11,16,19H,7-8,10,12-13H2,1-6H3/b15-11+/t16-,18-/m1/s1. The Morgan fingerprint density at radius 2 is 1.90 bits per heavy atom. The number of hydrogen-bond acceptors (Lipinski definition) is 3. The zero-order chi connectivity index (χ0) is 16.1. The number of hydrogen-bond donors (Lipinski definition) is 1. The van der Waals surface area contributed by atoms with Crippen LogP contribution in [0.3, 0.4) is 0 Å². The molecule has 21 heavy (non-hydrogen) atoms. The molecule has 1 N–H and O–H groups in total. The van der Waals surface area contributed by atoms with Crippen molar-refractivity contribution in [3.05, 3.63) is 23.3 Å². The molecule has 0 bridgehead atoms. The second-order valence-electron chi connectivity index (χ2n) is 7.08. The van der Waals surface area contributed by atoms with Crippen molar-refractivity contribution < 1.29 is 14.6 Å². The smallest absolute Gasteiger partial charge is 0.163 e. The maximum atomic E-state index is 10.6. The lowest BCUT2D eigenvalue weighted by molar-refractivity contribution is -0.167. The monoisotopic (exact) mass is 296 g/mol. The molecule has 0 spiro atoms. The summed E-state index contributed by atoms with van der Waals surface area (Å²) in [5, 5.41) is 10.6. The first-order valence-corrected chi connectivity index (χ1v) is 7.95. The third-order valence-corrected chi connectivity index (χ3v) is 3.94. The molecule has 1 rings (SSSR count). The molecule has 1 fully saturated rings. The van der Waals surface area contributed by atoms with E-state index < -0.39 is 11.4 Å². The summed E-state index contributed by atoms with van der Waals surface area (Å²) in [5.74, 6) is -0.579. The Labute approximate surface area is 130 Å². The van der Waals surface area contributed by atoms with Gasteiger partial charge in [0.25, 0.3) is 0 Å². The van der Waals surface area contributed by atoms with Crippen molar-refractivity contribution in [2.24, 2.45) is 0 Å². The van der Waals surface area contributed by atoms with E-state index in [1.807, 2.05) is 20.8 Å². The Balaban J connectivity index is 2.38. The first kappa shape index (κ1) is 18.4. The van der Waals surface area contributed by atoms with Crippen molar-refractivity contribution in [2.75, 3.05) is 6.61 Å². The quantitative estimate of drug-likeness (QED) is 0.709. The Kier molecular flexibility index (Phi) is 6.64. The predicted molar refractivity (Wildman–Crippen MR) is 87.2 cm³/mol. The molecule has 1 heterocycles. The molecule has 122 valence electrons. The van der Waals surface area contributed by atoms with E-state index in [4.69, 9.17) is 9.47 Å². The van der Waals surface area contributed by atoms with E-state index in [1.54, 1.807) is 0 Å². The molecule has 0 radical (unpaired) electrons. The lowest BCUT2D eigenvalue weighted by Gasteiger charge is -2.29. The molecule has 2 atom stereocenters. The van der Waals surface area contributed by atoms with Gasteiger partial charge in [-0.05, 0) is 67.2 Å². The van der Waals surface area contributed by atoms with Crippen molar-refractivity contribution in [3.8, 4) is 0 Å². The van der Waals surface area contributed by atoms with Gasteiger partial charge in [-0.1, -0.05) is 23.3 Å². The molecule has 3 heteroatoms. The SMILES string of the molecule is CC(C)=CCC/C(C)=C/CC[C@@](C)(O)[C@H]1COC(C)(C)O1. The van der Waals surface area contributed by atoms with E-state index in [2.05, 4.69) is 32.9 Å². The van der Waals surface area contributed by atoms with E-state index in [0.29, 0.717) is 13.0 Å². The highest BCUT2D eigenvalue weighted by Gasteiger charge is 2.42. The van der Waals surface area contributed by atoms with Crippen LogP contribution in [0, 0.1) is 0 Å². The molecule has 0 saturated carbocycles. The summed E-state index contributed by atoms with van der Waals surface area (Å²) in [6.07, 6.45) is 7.99. The topological polar surface area (TPSA) is 38.7 Å². The molecular formula is C18H32O3. The van der Waals surface area contributed by atoms with E-state index in [-0.39, 0.29) is 6.10 Å². The minimum Gasteiger partial charge on any atom is -0.387 e. The van der Waals surface area contributed by atoms with Crippen molar-refractivity contribution in [3.63, 3.8) is 0 Å². The normalized spacial score (nSPS) is 24.7. The summed E-state index contributed by atoms with van der Waals surface area (Å²) < 4.78 is 11.3. The van der Waals surface area contributed by atoms with Gasteiger partial charge in [0.15, 0.2) is 5.79 Å². The lowest BCUT2D eigenvalue weighted by Crippen LogP contribution is -2.41. The molecule has 3 nitrogen and oxygen atoms in total. The summed E-state index contributed by atoms with van der Waals surface area (Å²) in [6, 6.07) is 0. The predicted octanol–water partition coefficient (Wildman–Crippen LogP) is 4.36. The minimum atomic E-state index is -0.843. The average Bonchev–Trinajstić information content (AvgIpc) is 2.69. The van der Waals surface area contributed by atoms with Crippen LogP contribution in [0.15, 0.2) is 23.3 Å². The van der Waals surface area contributed by atoms with Crippen LogP contribution in [0.4, 0.5) is 0 Å². The summed E-state index contributed by atoms with van der Waals surface area (Å²) in [5.41, 5.74) is 1.91.